The second kappa shape index (κ2) is 10.4. The molecule has 4 nitrogen and oxygen atoms in total. The monoisotopic (exact) mass is 649 g/mol. The summed E-state index contributed by atoms with van der Waals surface area (Å²) >= 11 is 1.82. The Morgan fingerprint density at radius 3 is 2.27 bits per heavy atom. The summed E-state index contributed by atoms with van der Waals surface area (Å²) in [6.07, 6.45) is 1.82. The van der Waals surface area contributed by atoms with Crippen molar-refractivity contribution in [1.82, 2.24) is 15.0 Å². The minimum absolute atomic E-state index is 0.158. The van der Waals surface area contributed by atoms with Gasteiger partial charge < -0.3 is 4.42 Å². The number of para-hydroxylation sites is 1. The molecule has 10 rings (SSSR count). The van der Waals surface area contributed by atoms with Crippen LogP contribution in [0, 0.1) is 5.92 Å². The predicted octanol–water partition coefficient (Wildman–Crippen LogP) is 12.1. The van der Waals surface area contributed by atoms with Crippen molar-refractivity contribution in [2.75, 3.05) is 0 Å². The van der Waals surface area contributed by atoms with Gasteiger partial charge in [-0.15, -0.1) is 11.3 Å². The van der Waals surface area contributed by atoms with Gasteiger partial charge in [0.2, 0.25) is 0 Å². The lowest BCUT2D eigenvalue weighted by molar-refractivity contribution is 0.414. The van der Waals surface area contributed by atoms with Crippen LogP contribution < -0.4 is 0 Å². The van der Waals surface area contributed by atoms with Crippen molar-refractivity contribution in [3.63, 3.8) is 0 Å². The highest BCUT2D eigenvalue weighted by Crippen LogP contribution is 2.56. The Balaban J connectivity index is 1.24. The molecule has 0 N–H and O–H groups in total. The fourth-order valence-electron chi connectivity index (χ4n) is 7.95. The number of thiophene rings is 1. The van der Waals surface area contributed by atoms with E-state index in [1.54, 1.807) is 0 Å². The van der Waals surface area contributed by atoms with E-state index in [-0.39, 0.29) is 5.41 Å². The van der Waals surface area contributed by atoms with E-state index in [2.05, 4.69) is 118 Å². The van der Waals surface area contributed by atoms with Crippen molar-refractivity contribution in [2.24, 2.45) is 5.92 Å². The zero-order valence-electron chi connectivity index (χ0n) is 27.4. The number of pyridine rings is 1. The second-order valence-corrected chi connectivity index (χ2v) is 14.6. The molecule has 1 atom stereocenters. The summed E-state index contributed by atoms with van der Waals surface area (Å²) in [4.78, 5) is 15.2. The van der Waals surface area contributed by atoms with Crippen LogP contribution in [0.3, 0.4) is 0 Å². The van der Waals surface area contributed by atoms with Crippen molar-refractivity contribution in [1.29, 1.82) is 0 Å². The van der Waals surface area contributed by atoms with Gasteiger partial charge in [-0.1, -0.05) is 99.6 Å². The summed E-state index contributed by atoms with van der Waals surface area (Å²) in [5.41, 5.74) is 11.4. The zero-order chi connectivity index (χ0) is 32.9. The van der Waals surface area contributed by atoms with Gasteiger partial charge in [0.25, 0.3) is 0 Å². The highest BCUT2D eigenvalue weighted by Gasteiger charge is 2.43. The quantitative estimate of drug-likeness (QED) is 0.190. The van der Waals surface area contributed by atoms with Gasteiger partial charge in [0.15, 0.2) is 5.82 Å². The van der Waals surface area contributed by atoms with E-state index in [0.29, 0.717) is 11.7 Å². The van der Waals surface area contributed by atoms with Gasteiger partial charge in [0.1, 0.15) is 11.2 Å². The standard InChI is InChI=1S/C44H31N3OS/c1-25(2)44(3)32-19-18-26(23-31(32)40-33(44)20-21-38-41(40)30-12-4-6-16-37(30)48-38)43-46-35(24-36(47-43)34-15-8-9-22-45-34)29-14-10-13-28-27-11-5-7-17-39(27)49-42(28)29/h4-25H,1-3H3. The Morgan fingerprint density at radius 1 is 0.633 bits per heavy atom. The van der Waals surface area contributed by atoms with Gasteiger partial charge in [-0.2, -0.15) is 0 Å². The van der Waals surface area contributed by atoms with E-state index < -0.39 is 0 Å². The Kier molecular flexibility index (Phi) is 6.03. The van der Waals surface area contributed by atoms with Crippen LogP contribution in [0.1, 0.15) is 31.9 Å². The van der Waals surface area contributed by atoms with E-state index in [0.717, 1.165) is 44.8 Å². The summed E-state index contributed by atoms with van der Waals surface area (Å²) in [7, 11) is 0. The van der Waals surface area contributed by atoms with Gasteiger partial charge >= 0.3 is 0 Å². The van der Waals surface area contributed by atoms with Gasteiger partial charge in [-0.25, -0.2) is 9.97 Å². The average Bonchev–Trinajstić information content (AvgIpc) is 3.80. The molecule has 5 heteroatoms. The lowest BCUT2D eigenvalue weighted by Crippen LogP contribution is -2.27. The fourth-order valence-corrected chi connectivity index (χ4v) is 9.17. The predicted molar refractivity (Wildman–Crippen MR) is 203 cm³/mol. The van der Waals surface area contributed by atoms with Crippen LogP contribution in [0.2, 0.25) is 0 Å². The van der Waals surface area contributed by atoms with Crippen LogP contribution in [0.15, 0.2) is 132 Å². The first-order valence-electron chi connectivity index (χ1n) is 16.8. The third-order valence-electron chi connectivity index (χ3n) is 10.7. The fraction of sp³-hybridized carbons (Fsp3) is 0.114. The molecule has 0 radical (unpaired) electrons. The summed E-state index contributed by atoms with van der Waals surface area (Å²) in [5.74, 6) is 1.06. The number of hydrogen-bond acceptors (Lipinski definition) is 5. The first-order valence-corrected chi connectivity index (χ1v) is 17.6. The van der Waals surface area contributed by atoms with E-state index >= 15 is 0 Å². The smallest absolute Gasteiger partial charge is 0.160 e. The molecule has 49 heavy (non-hydrogen) atoms. The van der Waals surface area contributed by atoms with Crippen molar-refractivity contribution in [2.45, 2.75) is 26.2 Å². The van der Waals surface area contributed by atoms with Crippen LogP contribution in [-0.4, -0.2) is 15.0 Å². The summed E-state index contributed by atoms with van der Waals surface area (Å²) in [5, 5.41) is 4.84. The van der Waals surface area contributed by atoms with Gasteiger partial charge in [0.05, 0.1) is 17.1 Å². The molecule has 0 bridgehead atoms. The topological polar surface area (TPSA) is 51.8 Å². The van der Waals surface area contributed by atoms with E-state index in [1.807, 2.05) is 41.8 Å². The van der Waals surface area contributed by atoms with Gasteiger partial charge in [-0.05, 0) is 70.6 Å². The summed E-state index contributed by atoms with van der Waals surface area (Å²) in [6, 6.07) is 42.8. The van der Waals surface area contributed by atoms with Crippen LogP contribution in [0.25, 0.3) is 87.3 Å². The maximum Gasteiger partial charge on any atom is 0.160 e. The number of hydrogen-bond donors (Lipinski definition) is 0. The maximum atomic E-state index is 6.39. The normalized spacial score (nSPS) is 15.5. The highest BCUT2D eigenvalue weighted by atomic mass is 32.1. The maximum absolute atomic E-state index is 6.39. The van der Waals surface area contributed by atoms with Crippen molar-refractivity contribution in [3.8, 4) is 45.2 Å². The Bertz CT molecular complexity index is 2780. The molecule has 0 saturated heterocycles. The number of benzene rings is 5. The summed E-state index contributed by atoms with van der Waals surface area (Å²) in [6.45, 7) is 7.04. The molecule has 1 aliphatic carbocycles. The lowest BCUT2D eigenvalue weighted by atomic mass is 9.71. The Morgan fingerprint density at radius 2 is 1.41 bits per heavy atom. The van der Waals surface area contributed by atoms with Crippen molar-refractivity contribution < 1.29 is 4.42 Å². The number of rotatable bonds is 4. The van der Waals surface area contributed by atoms with E-state index in [4.69, 9.17) is 19.4 Å². The molecule has 1 aliphatic rings. The van der Waals surface area contributed by atoms with Gasteiger partial charge in [0, 0.05) is 53.7 Å². The minimum Gasteiger partial charge on any atom is -0.456 e. The highest BCUT2D eigenvalue weighted by molar-refractivity contribution is 7.26. The van der Waals surface area contributed by atoms with Crippen LogP contribution in [-0.2, 0) is 5.41 Å². The third-order valence-corrected chi connectivity index (χ3v) is 11.9. The molecule has 0 aliphatic heterocycles. The van der Waals surface area contributed by atoms with E-state index in [1.165, 1.54) is 47.8 Å². The molecule has 4 heterocycles. The molecule has 234 valence electrons. The third kappa shape index (κ3) is 4.06. The first kappa shape index (κ1) is 28.4. The molecule has 0 fully saturated rings. The molecular formula is C44H31N3OS. The molecule has 4 aromatic heterocycles. The summed E-state index contributed by atoms with van der Waals surface area (Å²) < 4.78 is 8.89. The van der Waals surface area contributed by atoms with Crippen LogP contribution >= 0.6 is 11.3 Å². The average molecular weight is 650 g/mol. The molecule has 0 amide bonds. The molecule has 1 unspecified atom stereocenters. The Labute approximate surface area is 287 Å². The van der Waals surface area contributed by atoms with Crippen LogP contribution in [0.5, 0.6) is 0 Å². The number of furan rings is 1. The number of nitrogens with zero attached hydrogens (tertiary/aromatic N) is 3. The van der Waals surface area contributed by atoms with Crippen molar-refractivity contribution >= 4 is 53.4 Å². The largest absolute Gasteiger partial charge is 0.456 e. The second-order valence-electron chi connectivity index (χ2n) is 13.5. The zero-order valence-corrected chi connectivity index (χ0v) is 28.2. The molecule has 0 spiro atoms. The molecule has 0 saturated carbocycles. The van der Waals surface area contributed by atoms with Crippen molar-refractivity contribution in [3.05, 3.63) is 139 Å². The number of fused-ring (bicyclic) bond motifs is 10. The van der Waals surface area contributed by atoms with Gasteiger partial charge in [-0.3, -0.25) is 4.98 Å². The molecular weight excluding hydrogens is 619 g/mol. The van der Waals surface area contributed by atoms with E-state index in [9.17, 15) is 0 Å². The molecule has 9 aromatic rings. The lowest BCUT2D eigenvalue weighted by Gasteiger charge is -2.32. The molecule has 5 aromatic carbocycles. The van der Waals surface area contributed by atoms with Crippen LogP contribution in [0.4, 0.5) is 0 Å². The number of aromatic nitrogens is 3. The Hall–Kier alpha value is -5.65. The SMILES string of the molecule is CC(C)C1(C)c2ccc(-c3nc(-c4ccccn4)cc(-c4cccc5c4sc4ccccc45)n3)cc2-c2c1ccc1oc3ccccc3c21. The first-order chi connectivity index (χ1) is 24.0. The minimum atomic E-state index is -0.158.